The number of hydrogen-bond acceptors (Lipinski definition) is 4. The van der Waals surface area contributed by atoms with Crippen LogP contribution in [0.5, 0.6) is 0 Å². The number of epoxide rings is 1. The van der Waals surface area contributed by atoms with Gasteiger partial charge in [-0.25, -0.2) is 0 Å². The van der Waals surface area contributed by atoms with Crippen molar-refractivity contribution in [2.75, 3.05) is 13.7 Å². The summed E-state index contributed by atoms with van der Waals surface area (Å²) in [7, 11) is 1.40. The fourth-order valence-corrected chi connectivity index (χ4v) is 1.36. The Kier molecular flexibility index (Phi) is 5.36. The number of rotatable bonds is 7. The number of hydrogen-bond donors (Lipinski definition) is 1. The summed E-state index contributed by atoms with van der Waals surface area (Å²) in [6.07, 6.45) is 7.35. The van der Waals surface area contributed by atoms with E-state index in [1.54, 1.807) is 0 Å². The van der Waals surface area contributed by atoms with Gasteiger partial charge in [-0.1, -0.05) is 12.2 Å². The van der Waals surface area contributed by atoms with E-state index in [2.05, 4.69) is 4.74 Å². The topological polar surface area (TPSA) is 59.1 Å². The van der Waals surface area contributed by atoms with Crippen molar-refractivity contribution in [2.24, 2.45) is 0 Å². The highest BCUT2D eigenvalue weighted by molar-refractivity contribution is 5.68. The highest BCUT2D eigenvalue weighted by atomic mass is 16.6. The van der Waals surface area contributed by atoms with Crippen molar-refractivity contribution < 1.29 is 19.4 Å². The molecule has 1 aliphatic rings. The quantitative estimate of drug-likeness (QED) is 0.298. The molecular weight excluding hydrogens is 196 g/mol. The predicted molar refractivity (Wildman–Crippen MR) is 55.4 cm³/mol. The monoisotopic (exact) mass is 214 g/mol. The van der Waals surface area contributed by atoms with Gasteiger partial charge in [-0.2, -0.15) is 0 Å². The largest absolute Gasteiger partial charge is 0.469 e. The maximum Gasteiger partial charge on any atom is 0.305 e. The maximum atomic E-state index is 10.8. The van der Waals surface area contributed by atoms with Crippen LogP contribution in [0.3, 0.4) is 0 Å². The molecule has 0 saturated carbocycles. The van der Waals surface area contributed by atoms with Crippen molar-refractivity contribution >= 4 is 5.97 Å². The molecule has 0 aliphatic carbocycles. The minimum absolute atomic E-state index is 0.0460. The van der Waals surface area contributed by atoms with E-state index in [1.165, 1.54) is 7.11 Å². The van der Waals surface area contributed by atoms with Crippen LogP contribution in [0.15, 0.2) is 12.2 Å². The summed E-state index contributed by atoms with van der Waals surface area (Å²) < 4.78 is 9.68. The van der Waals surface area contributed by atoms with Crippen LogP contribution < -0.4 is 0 Å². The summed E-state index contributed by atoms with van der Waals surface area (Å²) in [5, 5.41) is 8.70. The Hall–Kier alpha value is -0.870. The first-order valence-electron chi connectivity index (χ1n) is 5.26. The molecule has 1 heterocycles. The normalized spacial score (nSPS) is 24.4. The highest BCUT2D eigenvalue weighted by Crippen LogP contribution is 2.24. The second-order valence-electron chi connectivity index (χ2n) is 3.57. The predicted octanol–water partition coefficient (Wildman–Crippen LogP) is 1.04. The van der Waals surface area contributed by atoms with Gasteiger partial charge in [-0.15, -0.1) is 0 Å². The SMILES string of the molecule is COC(=O)CCC/C=C\C[C@H]1O[C@@H]1CO. The lowest BCUT2D eigenvalue weighted by Crippen LogP contribution is -1.98. The number of carbonyl (C=O) groups is 1. The third-order valence-corrected chi connectivity index (χ3v) is 2.38. The minimum Gasteiger partial charge on any atom is -0.469 e. The molecule has 0 unspecified atom stereocenters. The van der Waals surface area contributed by atoms with E-state index >= 15 is 0 Å². The third kappa shape index (κ3) is 4.95. The van der Waals surface area contributed by atoms with Crippen LogP contribution in [-0.2, 0) is 14.3 Å². The summed E-state index contributed by atoms with van der Waals surface area (Å²) in [6, 6.07) is 0. The Bertz CT molecular complexity index is 225. The average Bonchev–Trinajstić information content (AvgIpc) is 3.01. The zero-order chi connectivity index (χ0) is 11.1. The first-order chi connectivity index (χ1) is 7.27. The van der Waals surface area contributed by atoms with Gasteiger partial charge in [-0.05, 0) is 19.3 Å². The zero-order valence-electron chi connectivity index (χ0n) is 9.02. The fraction of sp³-hybridized carbons (Fsp3) is 0.727. The molecule has 0 spiro atoms. The molecule has 1 N–H and O–H groups in total. The Morgan fingerprint density at radius 2 is 2.27 bits per heavy atom. The van der Waals surface area contributed by atoms with Gasteiger partial charge in [0.1, 0.15) is 6.10 Å². The summed E-state index contributed by atoms with van der Waals surface area (Å²) >= 11 is 0. The number of aliphatic hydroxyl groups excluding tert-OH is 1. The number of esters is 1. The number of unbranched alkanes of at least 4 members (excludes halogenated alkanes) is 1. The first-order valence-corrected chi connectivity index (χ1v) is 5.26. The van der Waals surface area contributed by atoms with E-state index in [0.717, 1.165) is 19.3 Å². The second kappa shape index (κ2) is 6.58. The van der Waals surface area contributed by atoms with E-state index in [-0.39, 0.29) is 24.8 Å². The van der Waals surface area contributed by atoms with Crippen LogP contribution in [0.4, 0.5) is 0 Å². The van der Waals surface area contributed by atoms with E-state index in [0.29, 0.717) is 6.42 Å². The molecule has 0 aromatic carbocycles. The van der Waals surface area contributed by atoms with Crippen LogP contribution >= 0.6 is 0 Å². The van der Waals surface area contributed by atoms with Crippen LogP contribution in [0.2, 0.25) is 0 Å². The van der Waals surface area contributed by atoms with Gasteiger partial charge >= 0.3 is 5.97 Å². The molecule has 1 saturated heterocycles. The van der Waals surface area contributed by atoms with E-state index in [4.69, 9.17) is 9.84 Å². The molecule has 4 heteroatoms. The van der Waals surface area contributed by atoms with Gasteiger partial charge in [0.2, 0.25) is 0 Å². The molecule has 1 fully saturated rings. The molecule has 15 heavy (non-hydrogen) atoms. The van der Waals surface area contributed by atoms with Crippen molar-refractivity contribution in [3.63, 3.8) is 0 Å². The third-order valence-electron chi connectivity index (χ3n) is 2.38. The van der Waals surface area contributed by atoms with Crippen molar-refractivity contribution in [1.82, 2.24) is 0 Å². The van der Waals surface area contributed by atoms with Crippen molar-refractivity contribution in [2.45, 2.75) is 37.9 Å². The molecule has 0 amide bonds. The van der Waals surface area contributed by atoms with E-state index < -0.39 is 0 Å². The van der Waals surface area contributed by atoms with E-state index in [1.807, 2.05) is 12.2 Å². The molecule has 0 radical (unpaired) electrons. The smallest absolute Gasteiger partial charge is 0.305 e. The minimum atomic E-state index is -0.158. The molecule has 0 aromatic rings. The average molecular weight is 214 g/mol. The van der Waals surface area contributed by atoms with Gasteiger partial charge in [0.05, 0.1) is 19.8 Å². The lowest BCUT2D eigenvalue weighted by molar-refractivity contribution is -0.140. The van der Waals surface area contributed by atoms with Gasteiger partial charge < -0.3 is 14.6 Å². The van der Waals surface area contributed by atoms with Crippen LogP contribution in [0.25, 0.3) is 0 Å². The summed E-state index contributed by atoms with van der Waals surface area (Å²) in [5.41, 5.74) is 0. The van der Waals surface area contributed by atoms with Crippen molar-refractivity contribution in [3.8, 4) is 0 Å². The number of carbonyl (C=O) groups excluding carboxylic acids is 1. The Morgan fingerprint density at radius 3 is 2.87 bits per heavy atom. The zero-order valence-corrected chi connectivity index (χ0v) is 9.02. The molecule has 4 nitrogen and oxygen atoms in total. The lowest BCUT2D eigenvalue weighted by atomic mass is 10.2. The molecule has 86 valence electrons. The molecule has 1 rings (SSSR count). The maximum absolute atomic E-state index is 10.8. The summed E-state index contributed by atoms with van der Waals surface area (Å²) in [5.74, 6) is -0.158. The standard InChI is InChI=1S/C11H18O4/c1-14-11(13)7-5-3-2-4-6-9-10(8-12)15-9/h2,4,9-10,12H,3,5-8H2,1H3/b4-2-/t9-,10-/m1/s1. The first kappa shape index (κ1) is 12.2. The second-order valence-corrected chi connectivity index (χ2v) is 3.57. The van der Waals surface area contributed by atoms with Gasteiger partial charge in [0.25, 0.3) is 0 Å². The summed E-state index contributed by atoms with van der Waals surface area (Å²) in [4.78, 5) is 10.8. The fourth-order valence-electron chi connectivity index (χ4n) is 1.36. The van der Waals surface area contributed by atoms with Crippen LogP contribution in [0, 0.1) is 0 Å². The highest BCUT2D eigenvalue weighted by Gasteiger charge is 2.36. The van der Waals surface area contributed by atoms with Crippen molar-refractivity contribution in [3.05, 3.63) is 12.2 Å². The lowest BCUT2D eigenvalue weighted by Gasteiger charge is -1.95. The number of ether oxygens (including phenoxy) is 2. The number of aliphatic hydroxyl groups is 1. The molecule has 2 atom stereocenters. The molecular formula is C11H18O4. The van der Waals surface area contributed by atoms with Gasteiger partial charge in [0.15, 0.2) is 0 Å². The molecule has 1 aliphatic heterocycles. The Morgan fingerprint density at radius 1 is 1.47 bits per heavy atom. The van der Waals surface area contributed by atoms with Crippen LogP contribution in [-0.4, -0.2) is 37.0 Å². The van der Waals surface area contributed by atoms with E-state index in [9.17, 15) is 4.79 Å². The van der Waals surface area contributed by atoms with Gasteiger partial charge in [-0.3, -0.25) is 4.79 Å². The van der Waals surface area contributed by atoms with Crippen molar-refractivity contribution in [1.29, 1.82) is 0 Å². The summed E-state index contributed by atoms with van der Waals surface area (Å²) in [6.45, 7) is 0.112. The van der Waals surface area contributed by atoms with Crippen LogP contribution in [0.1, 0.15) is 25.7 Å². The number of methoxy groups -OCH3 is 1. The molecule has 0 aromatic heterocycles. The number of allylic oxidation sites excluding steroid dienone is 1. The van der Waals surface area contributed by atoms with Gasteiger partial charge in [0, 0.05) is 6.42 Å². The Balaban J connectivity index is 1.92. The Labute approximate surface area is 89.9 Å². The molecule has 0 bridgehead atoms.